The fraction of sp³-hybridized carbons (Fsp3) is 0.227. The summed E-state index contributed by atoms with van der Waals surface area (Å²) in [5, 5.41) is 14.7. The number of ether oxygens (including phenoxy) is 3. The molecule has 1 N–H and O–H groups in total. The van der Waals surface area contributed by atoms with Crippen molar-refractivity contribution >= 4 is 39.9 Å². The Morgan fingerprint density at radius 3 is 2.44 bits per heavy atom. The predicted octanol–water partition coefficient (Wildman–Crippen LogP) is 4.25. The number of benzene rings is 2. The van der Waals surface area contributed by atoms with E-state index in [1.807, 2.05) is 0 Å². The van der Waals surface area contributed by atoms with Crippen LogP contribution < -0.4 is 10.1 Å². The van der Waals surface area contributed by atoms with Crippen LogP contribution in [0.25, 0.3) is 10.9 Å². The molecule has 1 aromatic heterocycles. The molecule has 0 unspecified atom stereocenters. The van der Waals surface area contributed by atoms with Gasteiger partial charge in [0.05, 0.1) is 47.7 Å². The summed E-state index contributed by atoms with van der Waals surface area (Å²) < 4.78 is 15.5. The fourth-order valence-electron chi connectivity index (χ4n) is 3.07. The molecule has 10 heteroatoms. The third kappa shape index (κ3) is 4.59. The third-order valence-electron chi connectivity index (χ3n) is 4.53. The molecule has 0 radical (unpaired) electrons. The Balaban J connectivity index is 2.24. The van der Waals surface area contributed by atoms with Gasteiger partial charge in [0.1, 0.15) is 11.3 Å². The van der Waals surface area contributed by atoms with Gasteiger partial charge in [0.15, 0.2) is 0 Å². The molecule has 0 saturated heterocycles. The molecule has 0 aliphatic carbocycles. The molecule has 0 aliphatic rings. The van der Waals surface area contributed by atoms with E-state index in [1.165, 1.54) is 37.6 Å². The summed E-state index contributed by atoms with van der Waals surface area (Å²) in [5.41, 5.74) is 1.18. The number of nitrogens with one attached hydrogen (secondary N) is 1. The smallest absolute Gasteiger partial charge is 0.341 e. The second-order valence-corrected chi connectivity index (χ2v) is 6.49. The summed E-state index contributed by atoms with van der Waals surface area (Å²) in [7, 11) is 1.42. The molecule has 0 fully saturated rings. The molecule has 0 atom stereocenters. The zero-order chi connectivity index (χ0) is 23.3. The lowest BCUT2D eigenvalue weighted by Gasteiger charge is -2.16. The molecule has 2 aromatic carbocycles. The molecule has 1 heterocycles. The number of non-ortho nitro benzene ring substituents is 1. The third-order valence-corrected chi connectivity index (χ3v) is 4.53. The van der Waals surface area contributed by atoms with Gasteiger partial charge in [-0.2, -0.15) is 0 Å². The number of nitrogens with zero attached hydrogens (tertiary/aromatic N) is 2. The number of pyridine rings is 1. The molecule has 0 spiro atoms. The Morgan fingerprint density at radius 1 is 1.06 bits per heavy atom. The van der Waals surface area contributed by atoms with Gasteiger partial charge >= 0.3 is 11.9 Å². The van der Waals surface area contributed by atoms with Crippen molar-refractivity contribution in [3.05, 3.63) is 63.8 Å². The number of rotatable bonds is 8. The van der Waals surface area contributed by atoms with Crippen LogP contribution in [0.1, 0.15) is 34.6 Å². The second kappa shape index (κ2) is 9.73. The summed E-state index contributed by atoms with van der Waals surface area (Å²) in [6.45, 7) is 3.70. The zero-order valence-electron chi connectivity index (χ0n) is 17.7. The summed E-state index contributed by atoms with van der Waals surface area (Å²) in [4.78, 5) is 39.9. The number of anilines is 2. The van der Waals surface area contributed by atoms with Gasteiger partial charge in [-0.05, 0) is 38.1 Å². The van der Waals surface area contributed by atoms with Crippen LogP contribution in [0.5, 0.6) is 5.75 Å². The highest BCUT2D eigenvalue weighted by Crippen LogP contribution is 2.36. The molecule has 0 bridgehead atoms. The van der Waals surface area contributed by atoms with E-state index in [4.69, 9.17) is 14.2 Å². The maximum Gasteiger partial charge on any atom is 0.341 e. The number of nitro benzene ring substituents is 1. The molecule has 0 saturated carbocycles. The Bertz CT molecular complexity index is 1190. The Labute approximate surface area is 183 Å². The molecule has 166 valence electrons. The Hall–Kier alpha value is -4.21. The predicted molar refractivity (Wildman–Crippen MR) is 117 cm³/mol. The van der Waals surface area contributed by atoms with Crippen molar-refractivity contribution in [2.75, 3.05) is 25.6 Å². The number of esters is 2. The van der Waals surface area contributed by atoms with Crippen molar-refractivity contribution < 1.29 is 28.7 Å². The maximum absolute atomic E-state index is 12.6. The highest BCUT2D eigenvalue weighted by Gasteiger charge is 2.21. The van der Waals surface area contributed by atoms with Crippen molar-refractivity contribution in [3.63, 3.8) is 0 Å². The first-order chi connectivity index (χ1) is 15.4. The van der Waals surface area contributed by atoms with E-state index >= 15 is 0 Å². The van der Waals surface area contributed by atoms with Crippen LogP contribution >= 0.6 is 0 Å². The van der Waals surface area contributed by atoms with Gasteiger partial charge in [-0.15, -0.1) is 0 Å². The van der Waals surface area contributed by atoms with E-state index < -0.39 is 16.9 Å². The molecular weight excluding hydrogens is 418 g/mol. The van der Waals surface area contributed by atoms with E-state index in [1.54, 1.807) is 26.0 Å². The number of carbonyl (C=O) groups excluding carboxylic acids is 2. The van der Waals surface area contributed by atoms with Gasteiger partial charge in [-0.25, -0.2) is 9.59 Å². The van der Waals surface area contributed by atoms with Gasteiger partial charge < -0.3 is 19.5 Å². The lowest BCUT2D eigenvalue weighted by atomic mass is 10.1. The molecular formula is C22H21N3O7. The number of fused-ring (bicyclic) bond motifs is 1. The molecule has 0 amide bonds. The van der Waals surface area contributed by atoms with Crippen molar-refractivity contribution in [3.8, 4) is 5.75 Å². The van der Waals surface area contributed by atoms with Crippen LogP contribution in [0.15, 0.2) is 42.6 Å². The summed E-state index contributed by atoms with van der Waals surface area (Å²) in [5.74, 6) is -0.859. The number of nitro groups is 1. The summed E-state index contributed by atoms with van der Waals surface area (Å²) in [6.07, 6.45) is 1.34. The van der Waals surface area contributed by atoms with Crippen molar-refractivity contribution in [1.29, 1.82) is 0 Å². The van der Waals surface area contributed by atoms with Crippen LogP contribution in [0.3, 0.4) is 0 Å². The van der Waals surface area contributed by atoms with Crippen LogP contribution in [-0.4, -0.2) is 42.2 Å². The lowest BCUT2D eigenvalue weighted by Crippen LogP contribution is -2.10. The SMILES string of the molecule is CCOC(=O)c1ccc2ncc(C(=O)OCC)c(Nc3cc([N+](=O)[O-])ccc3OC)c2c1. The van der Waals surface area contributed by atoms with E-state index in [0.717, 1.165) is 0 Å². The first-order valence-corrected chi connectivity index (χ1v) is 9.76. The summed E-state index contributed by atoms with van der Waals surface area (Å²) >= 11 is 0. The van der Waals surface area contributed by atoms with Gasteiger partial charge in [-0.3, -0.25) is 15.1 Å². The first kappa shape index (κ1) is 22.5. The second-order valence-electron chi connectivity index (χ2n) is 6.49. The highest BCUT2D eigenvalue weighted by atomic mass is 16.6. The van der Waals surface area contributed by atoms with Gasteiger partial charge in [0, 0.05) is 23.7 Å². The quantitative estimate of drug-likeness (QED) is 0.311. The topological polar surface area (TPSA) is 130 Å². The van der Waals surface area contributed by atoms with Gasteiger partial charge in [0.2, 0.25) is 0 Å². The van der Waals surface area contributed by atoms with E-state index in [2.05, 4.69) is 10.3 Å². The average molecular weight is 439 g/mol. The Morgan fingerprint density at radius 2 is 1.78 bits per heavy atom. The fourth-order valence-corrected chi connectivity index (χ4v) is 3.07. The number of methoxy groups -OCH3 is 1. The van der Waals surface area contributed by atoms with Crippen LogP contribution in [0, 0.1) is 10.1 Å². The zero-order valence-corrected chi connectivity index (χ0v) is 17.7. The van der Waals surface area contributed by atoms with Crippen molar-refractivity contribution in [2.24, 2.45) is 0 Å². The van der Waals surface area contributed by atoms with Crippen molar-refractivity contribution in [1.82, 2.24) is 4.98 Å². The van der Waals surface area contributed by atoms with Crippen LogP contribution in [0.4, 0.5) is 17.1 Å². The minimum absolute atomic E-state index is 0.0916. The number of hydrogen-bond acceptors (Lipinski definition) is 9. The van der Waals surface area contributed by atoms with E-state index in [-0.39, 0.29) is 41.4 Å². The highest BCUT2D eigenvalue weighted by molar-refractivity contribution is 6.08. The van der Waals surface area contributed by atoms with E-state index in [0.29, 0.717) is 16.7 Å². The maximum atomic E-state index is 12.6. The number of hydrogen-bond donors (Lipinski definition) is 1. The number of carbonyl (C=O) groups is 2. The first-order valence-electron chi connectivity index (χ1n) is 9.76. The molecule has 10 nitrogen and oxygen atoms in total. The average Bonchev–Trinajstić information content (AvgIpc) is 2.79. The van der Waals surface area contributed by atoms with Crippen LogP contribution in [0.2, 0.25) is 0 Å². The van der Waals surface area contributed by atoms with Gasteiger partial charge in [0.25, 0.3) is 5.69 Å². The molecule has 3 aromatic rings. The van der Waals surface area contributed by atoms with Gasteiger partial charge in [-0.1, -0.05) is 0 Å². The largest absolute Gasteiger partial charge is 0.495 e. The summed E-state index contributed by atoms with van der Waals surface area (Å²) in [6, 6.07) is 8.75. The monoisotopic (exact) mass is 439 g/mol. The van der Waals surface area contributed by atoms with Crippen molar-refractivity contribution in [2.45, 2.75) is 13.8 Å². The normalized spacial score (nSPS) is 10.5. The van der Waals surface area contributed by atoms with E-state index in [9.17, 15) is 19.7 Å². The molecule has 0 aliphatic heterocycles. The number of aromatic nitrogens is 1. The van der Waals surface area contributed by atoms with Crippen LogP contribution in [-0.2, 0) is 9.47 Å². The minimum atomic E-state index is -0.643. The minimum Gasteiger partial charge on any atom is -0.495 e. The molecule has 32 heavy (non-hydrogen) atoms. The molecule has 3 rings (SSSR count). The lowest BCUT2D eigenvalue weighted by molar-refractivity contribution is -0.384. The standard InChI is InChI=1S/C22H21N3O7/c1-4-31-21(26)13-6-8-17-15(10-13)20(16(12-23-17)22(27)32-5-2)24-18-11-14(25(28)29)7-9-19(18)30-3/h6-12H,4-5H2,1-3H3,(H,23,24). The Kier molecular flexibility index (Phi) is 6.83.